The summed E-state index contributed by atoms with van der Waals surface area (Å²) in [5.41, 5.74) is 1.94. The van der Waals surface area contributed by atoms with Crippen molar-refractivity contribution in [3.63, 3.8) is 0 Å². The Morgan fingerprint density at radius 1 is 1.25 bits per heavy atom. The van der Waals surface area contributed by atoms with E-state index in [9.17, 15) is 12.8 Å². The van der Waals surface area contributed by atoms with E-state index in [1.54, 1.807) is 24.3 Å². The minimum atomic E-state index is -3.78. The highest BCUT2D eigenvalue weighted by molar-refractivity contribution is 7.90. The van der Waals surface area contributed by atoms with Crippen LogP contribution in [0.15, 0.2) is 41.6 Å². The Hall–Kier alpha value is -2.45. The Kier molecular flexibility index (Phi) is 3.50. The molecule has 6 nitrogen and oxygen atoms in total. The van der Waals surface area contributed by atoms with Gasteiger partial charge < -0.3 is 14.5 Å². The van der Waals surface area contributed by atoms with Crippen molar-refractivity contribution in [2.45, 2.75) is 17.5 Å². The molecule has 0 radical (unpaired) electrons. The van der Waals surface area contributed by atoms with Gasteiger partial charge in [0.25, 0.3) is 0 Å². The Balaban J connectivity index is 1.75. The molecular formula is C16H13FN2O4S. The average molecular weight is 348 g/mol. The number of fused-ring (bicyclic) bond motifs is 2. The smallest absolute Gasteiger partial charge is 0.226 e. The van der Waals surface area contributed by atoms with Crippen LogP contribution >= 0.6 is 0 Å². The second-order valence-electron chi connectivity index (χ2n) is 5.48. The average Bonchev–Trinajstić information content (AvgIpc) is 2.99. The molecule has 0 aliphatic carbocycles. The fourth-order valence-electron chi connectivity index (χ4n) is 2.71. The zero-order chi connectivity index (χ0) is 16.7. The molecule has 3 aromatic rings. The molecule has 1 aliphatic heterocycles. The van der Waals surface area contributed by atoms with Gasteiger partial charge >= 0.3 is 0 Å². The second-order valence-corrected chi connectivity index (χ2v) is 7.39. The molecule has 1 N–H and O–H groups in total. The van der Waals surface area contributed by atoms with E-state index in [1.165, 1.54) is 12.1 Å². The largest absolute Gasteiger partial charge is 0.467 e. The maximum Gasteiger partial charge on any atom is 0.226 e. The van der Waals surface area contributed by atoms with Crippen LogP contribution in [-0.4, -0.2) is 25.2 Å². The molecule has 2 heterocycles. The molecule has 0 amide bonds. The fourth-order valence-corrected chi connectivity index (χ4v) is 3.98. The van der Waals surface area contributed by atoms with Gasteiger partial charge in [-0.05, 0) is 24.3 Å². The zero-order valence-electron chi connectivity index (χ0n) is 12.5. The molecule has 4 rings (SSSR count). The van der Waals surface area contributed by atoms with Crippen molar-refractivity contribution < 1.29 is 22.3 Å². The van der Waals surface area contributed by atoms with Gasteiger partial charge in [-0.3, -0.25) is 0 Å². The number of aromatic nitrogens is 2. The summed E-state index contributed by atoms with van der Waals surface area (Å²) in [6, 6.07) is 9.47. The number of halogens is 1. The number of ether oxygens (including phenoxy) is 2. The van der Waals surface area contributed by atoms with Crippen molar-refractivity contribution in [3.05, 3.63) is 53.3 Å². The number of H-pyrrole nitrogens is 1. The first-order valence-electron chi connectivity index (χ1n) is 7.22. The number of benzene rings is 2. The van der Waals surface area contributed by atoms with Crippen LogP contribution in [0.5, 0.6) is 5.75 Å². The molecule has 124 valence electrons. The molecule has 0 unspecified atom stereocenters. The second kappa shape index (κ2) is 5.57. The van der Waals surface area contributed by atoms with Crippen LogP contribution < -0.4 is 4.74 Å². The van der Waals surface area contributed by atoms with Crippen molar-refractivity contribution in [2.24, 2.45) is 0 Å². The van der Waals surface area contributed by atoms with Crippen LogP contribution in [0.3, 0.4) is 0 Å². The minimum Gasteiger partial charge on any atom is -0.467 e. The van der Waals surface area contributed by atoms with Gasteiger partial charge in [-0.15, -0.1) is 0 Å². The molecule has 0 bridgehead atoms. The van der Waals surface area contributed by atoms with Crippen LogP contribution in [0.1, 0.15) is 11.1 Å². The lowest BCUT2D eigenvalue weighted by molar-refractivity contribution is -0.0171. The van der Waals surface area contributed by atoms with E-state index in [1.807, 2.05) is 0 Å². The van der Waals surface area contributed by atoms with Gasteiger partial charge in [0.2, 0.25) is 15.0 Å². The maximum absolute atomic E-state index is 13.8. The number of para-hydroxylation sites is 2. The fraction of sp³-hybridized carbons (Fsp3) is 0.188. The molecule has 0 fully saturated rings. The Morgan fingerprint density at radius 2 is 2.08 bits per heavy atom. The van der Waals surface area contributed by atoms with E-state index in [0.717, 1.165) is 0 Å². The van der Waals surface area contributed by atoms with Crippen molar-refractivity contribution in [2.75, 3.05) is 6.79 Å². The molecular weight excluding hydrogens is 335 g/mol. The van der Waals surface area contributed by atoms with Crippen LogP contribution in [-0.2, 0) is 26.9 Å². The molecule has 2 aromatic carbocycles. The lowest BCUT2D eigenvalue weighted by atomic mass is 10.1. The first-order valence-corrected chi connectivity index (χ1v) is 8.87. The number of aromatic amines is 1. The lowest BCUT2D eigenvalue weighted by Gasteiger charge is -2.20. The number of rotatable bonds is 3. The normalized spacial score (nSPS) is 14.4. The lowest BCUT2D eigenvalue weighted by Crippen LogP contribution is -2.16. The van der Waals surface area contributed by atoms with Gasteiger partial charge in [0.1, 0.15) is 11.6 Å². The maximum atomic E-state index is 13.8. The van der Waals surface area contributed by atoms with Crippen LogP contribution in [0.2, 0.25) is 0 Å². The summed E-state index contributed by atoms with van der Waals surface area (Å²) in [4.78, 5) is 6.90. The summed E-state index contributed by atoms with van der Waals surface area (Å²) >= 11 is 0. The van der Waals surface area contributed by atoms with Crippen LogP contribution in [0.4, 0.5) is 4.39 Å². The highest BCUT2D eigenvalue weighted by Crippen LogP contribution is 2.31. The van der Waals surface area contributed by atoms with Crippen molar-refractivity contribution in [1.82, 2.24) is 9.97 Å². The number of hydrogen-bond acceptors (Lipinski definition) is 5. The molecule has 8 heteroatoms. The highest BCUT2D eigenvalue weighted by Gasteiger charge is 2.25. The van der Waals surface area contributed by atoms with E-state index >= 15 is 0 Å². The third kappa shape index (κ3) is 2.63. The molecule has 0 saturated heterocycles. The number of hydrogen-bond donors (Lipinski definition) is 1. The standard InChI is InChI=1S/C16H13FN2O4S/c17-12-5-10-7-22-9-23-15(10)11(6-12)8-24(20,21)16-18-13-3-1-2-4-14(13)19-16/h1-6H,7-9H2,(H,18,19). The topological polar surface area (TPSA) is 81.3 Å². The van der Waals surface area contributed by atoms with Gasteiger partial charge in [0.15, 0.2) is 6.79 Å². The third-order valence-corrected chi connectivity index (χ3v) is 5.23. The van der Waals surface area contributed by atoms with E-state index < -0.39 is 21.4 Å². The SMILES string of the molecule is O=S(=O)(Cc1cc(F)cc2c1OCOC2)c1nc2ccccc2[nH]1. The Labute approximate surface area is 137 Å². The van der Waals surface area contributed by atoms with E-state index in [4.69, 9.17) is 9.47 Å². The molecule has 24 heavy (non-hydrogen) atoms. The number of nitrogens with zero attached hydrogens (tertiary/aromatic N) is 1. The van der Waals surface area contributed by atoms with Crippen molar-refractivity contribution >= 4 is 20.9 Å². The summed E-state index contributed by atoms with van der Waals surface area (Å²) in [5.74, 6) is -0.576. The van der Waals surface area contributed by atoms with Crippen molar-refractivity contribution in [3.8, 4) is 5.75 Å². The highest BCUT2D eigenvalue weighted by atomic mass is 32.2. The van der Waals surface area contributed by atoms with Gasteiger partial charge in [0, 0.05) is 11.1 Å². The zero-order valence-corrected chi connectivity index (χ0v) is 13.3. The summed E-state index contributed by atoms with van der Waals surface area (Å²) < 4.78 is 49.6. The van der Waals surface area contributed by atoms with Crippen LogP contribution in [0, 0.1) is 5.82 Å². The van der Waals surface area contributed by atoms with E-state index in [2.05, 4.69) is 9.97 Å². The number of sulfone groups is 1. The summed E-state index contributed by atoms with van der Waals surface area (Å²) in [7, 11) is -3.78. The first kappa shape index (κ1) is 15.1. The molecule has 0 saturated carbocycles. The van der Waals surface area contributed by atoms with Crippen molar-refractivity contribution in [1.29, 1.82) is 0 Å². The summed E-state index contributed by atoms with van der Waals surface area (Å²) in [6.45, 7) is 0.196. The summed E-state index contributed by atoms with van der Waals surface area (Å²) in [6.07, 6.45) is 0. The van der Waals surface area contributed by atoms with Gasteiger partial charge in [-0.25, -0.2) is 17.8 Å². The number of imidazole rings is 1. The van der Waals surface area contributed by atoms with Gasteiger partial charge in [-0.1, -0.05) is 12.1 Å². The molecule has 1 aromatic heterocycles. The first-order chi connectivity index (χ1) is 11.5. The monoisotopic (exact) mass is 348 g/mol. The predicted molar refractivity (Wildman–Crippen MR) is 83.7 cm³/mol. The van der Waals surface area contributed by atoms with E-state index in [0.29, 0.717) is 22.3 Å². The van der Waals surface area contributed by atoms with Gasteiger partial charge in [-0.2, -0.15) is 0 Å². The van der Waals surface area contributed by atoms with Crippen LogP contribution in [0.25, 0.3) is 11.0 Å². The number of nitrogens with one attached hydrogen (secondary N) is 1. The molecule has 1 aliphatic rings. The Bertz CT molecular complexity index is 997. The Morgan fingerprint density at radius 3 is 2.92 bits per heavy atom. The van der Waals surface area contributed by atoms with E-state index in [-0.39, 0.29) is 24.1 Å². The minimum absolute atomic E-state index is 0.0102. The molecule has 0 atom stereocenters. The quantitative estimate of drug-likeness (QED) is 0.787. The molecule has 0 spiro atoms. The predicted octanol–water partition coefficient (Wildman–Crippen LogP) is 2.54. The van der Waals surface area contributed by atoms with Gasteiger partial charge in [0.05, 0.1) is 23.4 Å². The summed E-state index contributed by atoms with van der Waals surface area (Å²) in [5, 5.41) is -0.145. The third-order valence-electron chi connectivity index (χ3n) is 3.76.